The number of esters is 1. The Labute approximate surface area is 115 Å². The molecule has 1 aliphatic carbocycles. The lowest BCUT2D eigenvalue weighted by Gasteiger charge is -2.23. The van der Waals surface area contributed by atoms with Crippen LogP contribution in [0.25, 0.3) is 0 Å². The van der Waals surface area contributed by atoms with Gasteiger partial charge in [0.2, 0.25) is 0 Å². The van der Waals surface area contributed by atoms with E-state index < -0.39 is 0 Å². The van der Waals surface area contributed by atoms with Crippen molar-refractivity contribution >= 4 is 5.97 Å². The zero-order valence-corrected chi connectivity index (χ0v) is 12.6. The number of hydrogen-bond donors (Lipinski definition) is 0. The number of hydrogen-bond acceptors (Lipinski definition) is 2. The molecule has 0 amide bonds. The van der Waals surface area contributed by atoms with E-state index in [9.17, 15) is 4.79 Å². The Morgan fingerprint density at radius 3 is 2.42 bits per heavy atom. The van der Waals surface area contributed by atoms with Crippen LogP contribution in [-0.2, 0) is 11.8 Å². The zero-order valence-electron chi connectivity index (χ0n) is 12.6. The molecule has 3 heteroatoms. The Morgan fingerprint density at radius 1 is 1.21 bits per heavy atom. The summed E-state index contributed by atoms with van der Waals surface area (Å²) in [4.78, 5) is 12.3. The van der Waals surface area contributed by atoms with Crippen molar-refractivity contribution in [2.24, 2.45) is 7.05 Å². The van der Waals surface area contributed by atoms with Crippen molar-refractivity contribution in [3.05, 3.63) is 22.5 Å². The van der Waals surface area contributed by atoms with Gasteiger partial charge in [0, 0.05) is 18.4 Å². The average Bonchev–Trinajstić information content (AvgIpc) is 2.64. The molecule has 3 nitrogen and oxygen atoms in total. The van der Waals surface area contributed by atoms with Crippen molar-refractivity contribution in [2.45, 2.75) is 58.8 Å². The van der Waals surface area contributed by atoms with Gasteiger partial charge in [0.1, 0.15) is 0 Å². The van der Waals surface area contributed by atoms with Crippen molar-refractivity contribution in [1.82, 2.24) is 4.57 Å². The van der Waals surface area contributed by atoms with Gasteiger partial charge in [-0.3, -0.25) is 0 Å². The van der Waals surface area contributed by atoms with Crippen LogP contribution in [0.2, 0.25) is 0 Å². The SMILES string of the molecule is CCOC(=O)c1c(C2CCCCC2)c(C)n(C)c1C. The molecule has 0 radical (unpaired) electrons. The predicted molar refractivity (Wildman–Crippen MR) is 76.7 cm³/mol. The van der Waals surface area contributed by atoms with Crippen LogP contribution in [0, 0.1) is 13.8 Å². The fourth-order valence-corrected chi connectivity index (χ4v) is 3.33. The zero-order chi connectivity index (χ0) is 14.0. The Morgan fingerprint density at radius 2 is 1.84 bits per heavy atom. The average molecular weight is 263 g/mol. The van der Waals surface area contributed by atoms with Gasteiger partial charge in [-0.25, -0.2) is 4.79 Å². The highest BCUT2D eigenvalue weighted by Gasteiger charge is 2.28. The number of carbonyl (C=O) groups excluding carboxylic acids is 1. The Hall–Kier alpha value is -1.25. The number of carbonyl (C=O) groups is 1. The summed E-state index contributed by atoms with van der Waals surface area (Å²) in [6.45, 7) is 6.45. The third kappa shape index (κ3) is 2.56. The van der Waals surface area contributed by atoms with Crippen molar-refractivity contribution in [1.29, 1.82) is 0 Å². The first kappa shape index (κ1) is 14.2. The van der Waals surface area contributed by atoms with Crippen LogP contribution in [0.3, 0.4) is 0 Å². The minimum atomic E-state index is -0.149. The summed E-state index contributed by atoms with van der Waals surface area (Å²) >= 11 is 0. The van der Waals surface area contributed by atoms with Crippen molar-refractivity contribution in [3.8, 4) is 0 Å². The van der Waals surface area contributed by atoms with Crippen molar-refractivity contribution in [2.75, 3.05) is 6.61 Å². The van der Waals surface area contributed by atoms with Crippen LogP contribution in [0.1, 0.15) is 72.3 Å². The molecule has 106 valence electrons. The molecule has 1 fully saturated rings. The van der Waals surface area contributed by atoms with Crippen LogP contribution in [0.15, 0.2) is 0 Å². The lowest BCUT2D eigenvalue weighted by molar-refractivity contribution is 0.0523. The second-order valence-corrected chi connectivity index (χ2v) is 5.57. The molecule has 1 aromatic rings. The molecular formula is C16H25NO2. The fourth-order valence-electron chi connectivity index (χ4n) is 3.33. The van der Waals surface area contributed by atoms with Crippen LogP contribution < -0.4 is 0 Å². The summed E-state index contributed by atoms with van der Waals surface area (Å²) in [5.41, 5.74) is 4.34. The van der Waals surface area contributed by atoms with E-state index >= 15 is 0 Å². The largest absolute Gasteiger partial charge is 0.462 e. The highest BCUT2D eigenvalue weighted by Crippen LogP contribution is 2.38. The molecule has 1 aromatic heterocycles. The second kappa shape index (κ2) is 5.81. The standard InChI is InChI=1S/C16H25NO2/c1-5-19-16(18)15-12(3)17(4)11(2)14(15)13-9-7-6-8-10-13/h13H,5-10H2,1-4H3. The van der Waals surface area contributed by atoms with Crippen LogP contribution in [0.4, 0.5) is 0 Å². The highest BCUT2D eigenvalue weighted by atomic mass is 16.5. The quantitative estimate of drug-likeness (QED) is 0.775. The molecule has 19 heavy (non-hydrogen) atoms. The van der Waals surface area contributed by atoms with Crippen LogP contribution in [0.5, 0.6) is 0 Å². The molecular weight excluding hydrogens is 238 g/mol. The third-order valence-electron chi connectivity index (χ3n) is 4.52. The van der Waals surface area contributed by atoms with E-state index in [0.717, 1.165) is 11.3 Å². The van der Waals surface area contributed by atoms with E-state index in [0.29, 0.717) is 12.5 Å². The summed E-state index contributed by atoms with van der Waals surface area (Å²) in [5, 5.41) is 0. The molecule has 0 atom stereocenters. The lowest BCUT2D eigenvalue weighted by atomic mass is 9.82. The van der Waals surface area contributed by atoms with Crippen molar-refractivity contribution < 1.29 is 9.53 Å². The molecule has 2 rings (SSSR count). The molecule has 0 spiro atoms. The number of nitrogens with zero attached hydrogens (tertiary/aromatic N) is 1. The summed E-state index contributed by atoms with van der Waals surface area (Å²) in [6, 6.07) is 0. The van der Waals surface area contributed by atoms with Gasteiger partial charge in [-0.1, -0.05) is 19.3 Å². The first-order valence-electron chi connectivity index (χ1n) is 7.40. The van der Waals surface area contributed by atoms with Gasteiger partial charge >= 0.3 is 5.97 Å². The molecule has 0 bridgehead atoms. The number of ether oxygens (including phenoxy) is 1. The highest BCUT2D eigenvalue weighted by molar-refractivity contribution is 5.93. The van der Waals surface area contributed by atoms with Gasteiger partial charge < -0.3 is 9.30 Å². The van der Waals surface area contributed by atoms with Crippen molar-refractivity contribution in [3.63, 3.8) is 0 Å². The first-order valence-corrected chi connectivity index (χ1v) is 7.40. The molecule has 0 unspecified atom stereocenters. The van der Waals surface area contributed by atoms with Gasteiger partial charge in [0.15, 0.2) is 0 Å². The van der Waals surface area contributed by atoms with Gasteiger partial charge in [-0.2, -0.15) is 0 Å². The van der Waals surface area contributed by atoms with Gasteiger partial charge in [-0.05, 0) is 45.1 Å². The minimum Gasteiger partial charge on any atom is -0.462 e. The third-order valence-corrected chi connectivity index (χ3v) is 4.52. The van der Waals surface area contributed by atoms with Gasteiger partial charge in [-0.15, -0.1) is 0 Å². The van der Waals surface area contributed by atoms with E-state index in [4.69, 9.17) is 4.74 Å². The monoisotopic (exact) mass is 263 g/mol. The Bertz CT molecular complexity index is 468. The van der Waals surface area contributed by atoms with Gasteiger partial charge in [0.25, 0.3) is 0 Å². The Balaban J connectivity index is 2.45. The normalized spacial score (nSPS) is 16.6. The van der Waals surface area contributed by atoms with E-state index in [1.165, 1.54) is 43.4 Å². The maximum Gasteiger partial charge on any atom is 0.340 e. The maximum atomic E-state index is 12.3. The molecule has 0 saturated heterocycles. The van der Waals surface area contributed by atoms with Crippen LogP contribution >= 0.6 is 0 Å². The molecule has 0 aliphatic heterocycles. The summed E-state index contributed by atoms with van der Waals surface area (Å²) in [7, 11) is 2.04. The van der Waals surface area contributed by atoms with E-state index in [1.807, 2.05) is 20.9 Å². The molecule has 1 saturated carbocycles. The smallest absolute Gasteiger partial charge is 0.340 e. The fraction of sp³-hybridized carbons (Fsp3) is 0.688. The first-order chi connectivity index (χ1) is 9.07. The Kier molecular flexibility index (Phi) is 4.33. The summed E-state index contributed by atoms with van der Waals surface area (Å²) in [6.07, 6.45) is 6.30. The van der Waals surface area contributed by atoms with E-state index in [2.05, 4.69) is 11.5 Å². The molecule has 1 heterocycles. The van der Waals surface area contributed by atoms with Crippen LogP contribution in [-0.4, -0.2) is 17.1 Å². The molecule has 0 N–H and O–H groups in total. The molecule has 0 aromatic carbocycles. The lowest BCUT2D eigenvalue weighted by Crippen LogP contribution is -2.13. The maximum absolute atomic E-state index is 12.3. The van der Waals surface area contributed by atoms with E-state index in [-0.39, 0.29) is 5.97 Å². The predicted octanol–water partition coefficient (Wildman–Crippen LogP) is 3.87. The van der Waals surface area contributed by atoms with Gasteiger partial charge in [0.05, 0.1) is 12.2 Å². The second-order valence-electron chi connectivity index (χ2n) is 5.57. The number of aromatic nitrogens is 1. The topological polar surface area (TPSA) is 31.2 Å². The number of rotatable bonds is 3. The summed E-state index contributed by atoms with van der Waals surface area (Å²) in [5.74, 6) is 0.386. The summed E-state index contributed by atoms with van der Waals surface area (Å²) < 4.78 is 7.39. The molecule has 1 aliphatic rings. The van der Waals surface area contributed by atoms with E-state index in [1.54, 1.807) is 0 Å². The minimum absolute atomic E-state index is 0.149.